The van der Waals surface area contributed by atoms with Crippen LogP contribution in [-0.2, 0) is 4.79 Å². The second kappa shape index (κ2) is 4.10. The maximum absolute atomic E-state index is 12.1. The van der Waals surface area contributed by atoms with Gasteiger partial charge in [0.05, 0.1) is 6.04 Å². The number of likely N-dealkylation sites (N-methyl/N-ethyl adjacent to an activating group) is 1. The number of carbonyl (C=O) groups excluding carboxylic acids is 1. The Hall–Kier alpha value is -0.610. The zero-order chi connectivity index (χ0) is 11.0. The van der Waals surface area contributed by atoms with Crippen LogP contribution in [0.1, 0.15) is 26.2 Å². The summed E-state index contributed by atoms with van der Waals surface area (Å²) in [6, 6.07) is 1.04. The Morgan fingerprint density at radius 2 is 2.13 bits per heavy atom. The first kappa shape index (κ1) is 10.9. The van der Waals surface area contributed by atoms with Crippen LogP contribution < -0.4 is 5.73 Å². The van der Waals surface area contributed by atoms with Crippen LogP contribution in [0.15, 0.2) is 0 Å². The first-order valence-corrected chi connectivity index (χ1v) is 5.87. The highest BCUT2D eigenvalue weighted by atomic mass is 16.2. The van der Waals surface area contributed by atoms with E-state index in [1.54, 1.807) is 0 Å². The van der Waals surface area contributed by atoms with Crippen LogP contribution in [0.5, 0.6) is 0 Å². The Bertz CT molecular complexity index is 252. The molecule has 1 amide bonds. The van der Waals surface area contributed by atoms with E-state index in [9.17, 15) is 4.79 Å². The summed E-state index contributed by atoms with van der Waals surface area (Å²) in [7, 11) is 1.90. The Morgan fingerprint density at radius 1 is 1.47 bits per heavy atom. The van der Waals surface area contributed by atoms with E-state index in [-0.39, 0.29) is 11.9 Å². The molecule has 2 rings (SSSR count). The third-order valence-corrected chi connectivity index (χ3v) is 3.63. The molecule has 4 heteroatoms. The summed E-state index contributed by atoms with van der Waals surface area (Å²) in [4.78, 5) is 16.3. The molecule has 2 fully saturated rings. The molecule has 0 spiro atoms. The number of hydrogen-bond donors (Lipinski definition) is 1. The van der Waals surface area contributed by atoms with E-state index in [1.807, 2.05) is 11.9 Å². The van der Waals surface area contributed by atoms with E-state index in [2.05, 4.69) is 11.8 Å². The first-order chi connectivity index (χ1) is 7.15. The van der Waals surface area contributed by atoms with Gasteiger partial charge in [-0.3, -0.25) is 9.69 Å². The van der Waals surface area contributed by atoms with Gasteiger partial charge in [0.2, 0.25) is 5.91 Å². The molecule has 1 saturated heterocycles. The molecule has 0 aromatic rings. The second-order valence-corrected chi connectivity index (χ2v) is 4.82. The molecule has 0 bridgehead atoms. The molecule has 0 aromatic carbocycles. The minimum Gasteiger partial charge on any atom is -0.340 e. The van der Waals surface area contributed by atoms with Gasteiger partial charge < -0.3 is 10.6 Å². The summed E-state index contributed by atoms with van der Waals surface area (Å²) in [5.74, 6) is 0.256. The maximum Gasteiger partial charge on any atom is 0.240 e. The van der Waals surface area contributed by atoms with Gasteiger partial charge >= 0.3 is 0 Å². The number of nitrogens with two attached hydrogens (primary N) is 1. The highest BCUT2D eigenvalue weighted by Crippen LogP contribution is 2.32. The van der Waals surface area contributed by atoms with Crippen molar-refractivity contribution >= 4 is 5.91 Å². The monoisotopic (exact) mass is 211 g/mol. The molecule has 2 unspecified atom stereocenters. The van der Waals surface area contributed by atoms with Crippen molar-refractivity contribution in [1.82, 2.24) is 9.80 Å². The van der Waals surface area contributed by atoms with Crippen molar-refractivity contribution < 1.29 is 4.79 Å². The largest absolute Gasteiger partial charge is 0.340 e. The molecule has 2 aliphatic rings. The van der Waals surface area contributed by atoms with Crippen LogP contribution in [0.3, 0.4) is 0 Å². The standard InChI is InChI=1S/C11H21N3O/c1-8-7-14(9-3-4-9)10(5-6-12)11(15)13(8)2/h8-10H,3-7,12H2,1-2H3. The zero-order valence-electron chi connectivity index (χ0n) is 9.65. The average Bonchev–Trinajstić information content (AvgIpc) is 3.02. The van der Waals surface area contributed by atoms with Crippen LogP contribution in [0.25, 0.3) is 0 Å². The fraction of sp³-hybridized carbons (Fsp3) is 0.909. The maximum atomic E-state index is 12.1. The molecule has 2 N–H and O–H groups in total. The predicted molar refractivity (Wildman–Crippen MR) is 59.4 cm³/mol. The Balaban J connectivity index is 2.10. The third-order valence-electron chi connectivity index (χ3n) is 3.63. The molecule has 1 saturated carbocycles. The van der Waals surface area contributed by atoms with Gasteiger partial charge in [0.25, 0.3) is 0 Å². The van der Waals surface area contributed by atoms with E-state index < -0.39 is 0 Å². The van der Waals surface area contributed by atoms with Crippen LogP contribution in [-0.4, -0.2) is 54.0 Å². The lowest BCUT2D eigenvalue weighted by atomic mass is 10.0. The van der Waals surface area contributed by atoms with E-state index in [0.29, 0.717) is 18.6 Å². The number of carbonyl (C=O) groups is 1. The molecule has 1 aliphatic carbocycles. The minimum atomic E-state index is 0.0451. The van der Waals surface area contributed by atoms with Crippen LogP contribution in [0, 0.1) is 0 Å². The van der Waals surface area contributed by atoms with Crippen molar-refractivity contribution in [1.29, 1.82) is 0 Å². The fourth-order valence-corrected chi connectivity index (χ4v) is 2.41. The highest BCUT2D eigenvalue weighted by Gasteiger charge is 2.42. The van der Waals surface area contributed by atoms with Gasteiger partial charge in [-0.2, -0.15) is 0 Å². The fourth-order valence-electron chi connectivity index (χ4n) is 2.41. The number of piperazine rings is 1. The lowest BCUT2D eigenvalue weighted by Crippen LogP contribution is -2.60. The third kappa shape index (κ3) is 2.01. The number of nitrogens with zero attached hydrogens (tertiary/aromatic N) is 2. The summed E-state index contributed by atoms with van der Waals surface area (Å²) in [5.41, 5.74) is 5.59. The number of rotatable bonds is 3. The lowest BCUT2D eigenvalue weighted by Gasteiger charge is -2.43. The number of amides is 1. The van der Waals surface area contributed by atoms with Crippen molar-refractivity contribution in [2.24, 2.45) is 5.73 Å². The van der Waals surface area contributed by atoms with Gasteiger partial charge in [0, 0.05) is 25.7 Å². The topological polar surface area (TPSA) is 49.6 Å². The summed E-state index contributed by atoms with van der Waals surface area (Å²) in [6.07, 6.45) is 3.31. The summed E-state index contributed by atoms with van der Waals surface area (Å²) in [6.45, 7) is 3.73. The van der Waals surface area contributed by atoms with Gasteiger partial charge in [-0.05, 0) is 32.7 Å². The summed E-state index contributed by atoms with van der Waals surface area (Å²) in [5, 5.41) is 0. The van der Waals surface area contributed by atoms with Crippen molar-refractivity contribution in [3.63, 3.8) is 0 Å². The summed E-state index contributed by atoms with van der Waals surface area (Å²) < 4.78 is 0. The van der Waals surface area contributed by atoms with Gasteiger partial charge in [-0.15, -0.1) is 0 Å². The predicted octanol–water partition coefficient (Wildman–Crippen LogP) is 0.0287. The van der Waals surface area contributed by atoms with E-state index >= 15 is 0 Å². The molecule has 0 aromatic heterocycles. The van der Waals surface area contributed by atoms with Crippen LogP contribution >= 0.6 is 0 Å². The van der Waals surface area contributed by atoms with Crippen LogP contribution in [0.2, 0.25) is 0 Å². The molecular weight excluding hydrogens is 190 g/mol. The van der Waals surface area contributed by atoms with Crippen molar-refractivity contribution in [2.45, 2.75) is 44.3 Å². The van der Waals surface area contributed by atoms with Gasteiger partial charge in [0.15, 0.2) is 0 Å². The lowest BCUT2D eigenvalue weighted by molar-refractivity contribution is -0.144. The molecule has 1 aliphatic heterocycles. The zero-order valence-corrected chi connectivity index (χ0v) is 9.65. The van der Waals surface area contributed by atoms with Crippen molar-refractivity contribution in [2.75, 3.05) is 20.1 Å². The van der Waals surface area contributed by atoms with Gasteiger partial charge in [-0.1, -0.05) is 0 Å². The Morgan fingerprint density at radius 3 is 2.67 bits per heavy atom. The van der Waals surface area contributed by atoms with E-state index in [1.165, 1.54) is 12.8 Å². The quantitative estimate of drug-likeness (QED) is 0.716. The average molecular weight is 211 g/mol. The molecular formula is C11H21N3O. The highest BCUT2D eigenvalue weighted by molar-refractivity contribution is 5.82. The normalized spacial score (nSPS) is 33.5. The smallest absolute Gasteiger partial charge is 0.240 e. The molecule has 2 atom stereocenters. The van der Waals surface area contributed by atoms with E-state index in [0.717, 1.165) is 13.0 Å². The summed E-state index contributed by atoms with van der Waals surface area (Å²) >= 11 is 0. The molecule has 0 radical (unpaired) electrons. The Kier molecular flexibility index (Phi) is 2.98. The van der Waals surface area contributed by atoms with Crippen LogP contribution in [0.4, 0.5) is 0 Å². The SMILES string of the molecule is CC1CN(C2CC2)C(CCN)C(=O)N1C. The number of hydrogen-bond acceptors (Lipinski definition) is 3. The first-order valence-electron chi connectivity index (χ1n) is 5.87. The minimum absolute atomic E-state index is 0.0451. The van der Waals surface area contributed by atoms with Gasteiger partial charge in [0.1, 0.15) is 0 Å². The molecule has 1 heterocycles. The second-order valence-electron chi connectivity index (χ2n) is 4.82. The van der Waals surface area contributed by atoms with E-state index in [4.69, 9.17) is 5.73 Å². The Labute approximate surface area is 91.4 Å². The molecule has 86 valence electrons. The molecule has 15 heavy (non-hydrogen) atoms. The van der Waals surface area contributed by atoms with Crippen molar-refractivity contribution in [3.8, 4) is 0 Å². The molecule has 4 nitrogen and oxygen atoms in total. The van der Waals surface area contributed by atoms with Crippen molar-refractivity contribution in [3.05, 3.63) is 0 Å². The van der Waals surface area contributed by atoms with Gasteiger partial charge in [-0.25, -0.2) is 0 Å².